The number of nitrogen functional groups attached to an aromatic ring is 1. The van der Waals surface area contributed by atoms with E-state index in [9.17, 15) is 0 Å². The van der Waals surface area contributed by atoms with Gasteiger partial charge in [0.25, 0.3) is 0 Å². The van der Waals surface area contributed by atoms with Crippen molar-refractivity contribution in [3.8, 4) is 11.4 Å². The van der Waals surface area contributed by atoms with Crippen LogP contribution in [-0.2, 0) is 16.0 Å². The second kappa shape index (κ2) is 6.44. The number of rotatable bonds is 6. The Morgan fingerprint density at radius 2 is 2.15 bits per heavy atom. The quantitative estimate of drug-likeness (QED) is 0.789. The molecule has 0 saturated heterocycles. The zero-order valence-electron chi connectivity index (χ0n) is 11.9. The smallest absolute Gasteiger partial charge is 0.182 e. The normalized spacial score (nSPS) is 12.6. The average Bonchev–Trinajstić information content (AvgIpc) is 2.89. The Morgan fingerprint density at radius 3 is 2.80 bits per heavy atom. The number of methoxy groups -OCH3 is 2. The van der Waals surface area contributed by atoms with E-state index < -0.39 is 0 Å². The van der Waals surface area contributed by atoms with E-state index in [0.717, 1.165) is 16.8 Å². The van der Waals surface area contributed by atoms with E-state index in [-0.39, 0.29) is 6.10 Å². The molecule has 0 aliphatic rings. The molecule has 0 bridgehead atoms. The van der Waals surface area contributed by atoms with Crippen molar-refractivity contribution in [3.63, 3.8) is 0 Å². The van der Waals surface area contributed by atoms with Gasteiger partial charge in [-0.1, -0.05) is 12.1 Å². The third-order valence-electron chi connectivity index (χ3n) is 3.13. The van der Waals surface area contributed by atoms with Gasteiger partial charge in [0, 0.05) is 25.5 Å². The third kappa shape index (κ3) is 3.12. The molecule has 2 N–H and O–H groups in total. The number of nitrogens with two attached hydrogens (primary N) is 1. The van der Waals surface area contributed by atoms with Crippen LogP contribution in [0.4, 0.5) is 5.69 Å². The van der Waals surface area contributed by atoms with Gasteiger partial charge in [-0.2, -0.15) is 0 Å². The van der Waals surface area contributed by atoms with Gasteiger partial charge in [0.05, 0.1) is 13.2 Å². The fraction of sp³-hybridized carbons (Fsp3) is 0.462. The first kappa shape index (κ1) is 14.4. The summed E-state index contributed by atoms with van der Waals surface area (Å²) in [6.07, 6.45) is -0.106. The van der Waals surface area contributed by atoms with Gasteiger partial charge >= 0.3 is 0 Å². The lowest BCUT2D eigenvalue weighted by atomic mass is 10.1. The lowest BCUT2D eigenvalue weighted by Crippen LogP contribution is -2.25. The topological polar surface area (TPSA) is 88.1 Å². The summed E-state index contributed by atoms with van der Waals surface area (Å²) in [5.74, 6) is 0.662. The van der Waals surface area contributed by atoms with Crippen molar-refractivity contribution < 1.29 is 9.47 Å². The van der Waals surface area contributed by atoms with Crippen molar-refractivity contribution >= 4 is 5.69 Å². The predicted octanol–water partition coefficient (Wildman–Crippen LogP) is 0.892. The molecule has 2 rings (SSSR count). The molecule has 20 heavy (non-hydrogen) atoms. The Hall–Kier alpha value is -1.99. The fourth-order valence-corrected chi connectivity index (χ4v) is 1.89. The number of nitrogens with zero attached hydrogens (tertiary/aromatic N) is 4. The zero-order chi connectivity index (χ0) is 14.5. The number of tetrazole rings is 1. The summed E-state index contributed by atoms with van der Waals surface area (Å²) in [6, 6.07) is 5.77. The van der Waals surface area contributed by atoms with Crippen molar-refractivity contribution in [1.29, 1.82) is 0 Å². The minimum Gasteiger partial charge on any atom is -0.398 e. The van der Waals surface area contributed by atoms with Gasteiger partial charge in [-0.05, 0) is 29.0 Å². The molecule has 7 nitrogen and oxygen atoms in total. The van der Waals surface area contributed by atoms with Crippen LogP contribution in [0.25, 0.3) is 11.4 Å². The molecule has 0 aliphatic heterocycles. The molecule has 0 fully saturated rings. The number of aryl methyl sites for hydroxylation is 1. The van der Waals surface area contributed by atoms with Crippen LogP contribution in [0.1, 0.15) is 5.56 Å². The molecule has 108 valence electrons. The van der Waals surface area contributed by atoms with Crippen molar-refractivity contribution in [2.75, 3.05) is 26.6 Å². The number of aromatic nitrogens is 4. The lowest BCUT2D eigenvalue weighted by Gasteiger charge is -2.14. The standard InChI is InChI=1S/C13H19N5O2/c1-9-4-5-10(6-12(9)14)13-15-16-17-18(13)7-11(20-3)8-19-2/h4-6,11H,7-8,14H2,1-3H3. The first-order chi connectivity index (χ1) is 9.65. The predicted molar refractivity (Wildman–Crippen MR) is 75.1 cm³/mol. The summed E-state index contributed by atoms with van der Waals surface area (Å²) in [6.45, 7) is 2.95. The largest absolute Gasteiger partial charge is 0.398 e. The van der Waals surface area contributed by atoms with E-state index >= 15 is 0 Å². The molecule has 1 atom stereocenters. The third-order valence-corrected chi connectivity index (χ3v) is 3.13. The number of anilines is 1. The van der Waals surface area contributed by atoms with Gasteiger partial charge in [0.15, 0.2) is 5.82 Å². The van der Waals surface area contributed by atoms with Crippen LogP contribution in [-0.4, -0.2) is 47.1 Å². The van der Waals surface area contributed by atoms with Crippen LogP contribution < -0.4 is 5.73 Å². The molecule has 1 aromatic heterocycles. The van der Waals surface area contributed by atoms with Crippen molar-refractivity contribution in [3.05, 3.63) is 23.8 Å². The molecule has 1 unspecified atom stereocenters. The van der Waals surface area contributed by atoms with Gasteiger partial charge in [-0.3, -0.25) is 0 Å². The van der Waals surface area contributed by atoms with E-state index in [1.807, 2.05) is 25.1 Å². The molecular formula is C13H19N5O2. The lowest BCUT2D eigenvalue weighted by molar-refractivity contribution is 0.0163. The first-order valence-electron chi connectivity index (χ1n) is 6.30. The summed E-state index contributed by atoms with van der Waals surface area (Å²) in [4.78, 5) is 0. The Bertz CT molecular complexity index is 570. The molecule has 0 saturated carbocycles. The molecule has 1 aromatic carbocycles. The molecular weight excluding hydrogens is 258 g/mol. The molecule has 1 heterocycles. The van der Waals surface area contributed by atoms with E-state index in [4.69, 9.17) is 15.2 Å². The van der Waals surface area contributed by atoms with Crippen molar-refractivity contribution in [2.24, 2.45) is 0 Å². The van der Waals surface area contributed by atoms with Gasteiger partial charge < -0.3 is 15.2 Å². The number of benzene rings is 1. The summed E-state index contributed by atoms with van der Waals surface area (Å²) >= 11 is 0. The Morgan fingerprint density at radius 1 is 1.35 bits per heavy atom. The second-order valence-electron chi connectivity index (χ2n) is 4.57. The van der Waals surface area contributed by atoms with Crippen LogP contribution in [0.15, 0.2) is 18.2 Å². The highest BCUT2D eigenvalue weighted by Crippen LogP contribution is 2.21. The molecule has 0 radical (unpaired) electrons. The highest BCUT2D eigenvalue weighted by molar-refractivity contribution is 5.63. The monoisotopic (exact) mass is 277 g/mol. The second-order valence-corrected chi connectivity index (χ2v) is 4.57. The maximum atomic E-state index is 5.93. The van der Waals surface area contributed by atoms with E-state index in [0.29, 0.717) is 19.0 Å². The van der Waals surface area contributed by atoms with Crippen LogP contribution >= 0.6 is 0 Å². The fourth-order valence-electron chi connectivity index (χ4n) is 1.89. The van der Waals surface area contributed by atoms with Gasteiger partial charge in [0.2, 0.25) is 0 Å². The summed E-state index contributed by atoms with van der Waals surface area (Å²) < 4.78 is 12.1. The molecule has 0 aliphatic carbocycles. The molecule has 0 amide bonds. The van der Waals surface area contributed by atoms with Crippen molar-refractivity contribution in [1.82, 2.24) is 20.2 Å². The van der Waals surface area contributed by atoms with Crippen LogP contribution in [0.2, 0.25) is 0 Å². The van der Waals surface area contributed by atoms with Gasteiger partial charge in [0.1, 0.15) is 6.10 Å². The summed E-state index contributed by atoms with van der Waals surface area (Å²) in [7, 11) is 3.27. The minimum absolute atomic E-state index is 0.106. The number of hydrogen-bond donors (Lipinski definition) is 1. The van der Waals surface area contributed by atoms with Gasteiger partial charge in [-0.25, -0.2) is 4.68 Å². The SMILES string of the molecule is COCC(Cn1nnnc1-c1ccc(C)c(N)c1)OC. The zero-order valence-corrected chi connectivity index (χ0v) is 11.9. The van der Waals surface area contributed by atoms with Crippen LogP contribution in [0, 0.1) is 6.92 Å². The highest BCUT2D eigenvalue weighted by Gasteiger charge is 2.15. The van der Waals surface area contributed by atoms with E-state index in [2.05, 4.69) is 15.5 Å². The van der Waals surface area contributed by atoms with Crippen LogP contribution in [0.5, 0.6) is 0 Å². The Labute approximate surface area is 117 Å². The van der Waals surface area contributed by atoms with Crippen LogP contribution in [0.3, 0.4) is 0 Å². The Balaban J connectivity index is 2.25. The first-order valence-corrected chi connectivity index (χ1v) is 6.30. The maximum absolute atomic E-state index is 5.93. The minimum atomic E-state index is -0.106. The Kier molecular flexibility index (Phi) is 4.65. The average molecular weight is 277 g/mol. The van der Waals surface area contributed by atoms with E-state index in [1.165, 1.54) is 0 Å². The highest BCUT2D eigenvalue weighted by atomic mass is 16.5. The molecule has 2 aromatic rings. The van der Waals surface area contributed by atoms with E-state index in [1.54, 1.807) is 18.9 Å². The summed E-state index contributed by atoms with van der Waals surface area (Å²) in [5.41, 5.74) is 8.56. The number of hydrogen-bond acceptors (Lipinski definition) is 6. The van der Waals surface area contributed by atoms with Crippen molar-refractivity contribution in [2.45, 2.75) is 19.6 Å². The number of ether oxygens (including phenoxy) is 2. The maximum Gasteiger partial charge on any atom is 0.182 e. The summed E-state index contributed by atoms with van der Waals surface area (Å²) in [5, 5.41) is 11.8. The van der Waals surface area contributed by atoms with Gasteiger partial charge in [-0.15, -0.1) is 5.10 Å². The molecule has 0 spiro atoms. The molecule has 7 heteroatoms.